The van der Waals surface area contributed by atoms with E-state index in [1.165, 1.54) is 6.08 Å². The fourth-order valence-corrected chi connectivity index (χ4v) is 2.18. The van der Waals surface area contributed by atoms with Crippen molar-refractivity contribution in [2.24, 2.45) is 0 Å². The van der Waals surface area contributed by atoms with Crippen molar-refractivity contribution in [3.8, 4) is 5.69 Å². The van der Waals surface area contributed by atoms with Crippen molar-refractivity contribution in [3.63, 3.8) is 0 Å². The predicted octanol–water partition coefficient (Wildman–Crippen LogP) is 2.00. The topological polar surface area (TPSA) is 67.2 Å². The third kappa shape index (κ3) is 3.83. The fourth-order valence-electron chi connectivity index (χ4n) is 2.18. The highest BCUT2D eigenvalue weighted by atomic mass is 16.3. The summed E-state index contributed by atoms with van der Waals surface area (Å²) in [4.78, 5) is 11.7. The number of carbonyl (C=O) groups excluding carboxylic acids is 1. The van der Waals surface area contributed by atoms with Crippen LogP contribution in [-0.2, 0) is 4.79 Å². The van der Waals surface area contributed by atoms with E-state index in [9.17, 15) is 4.79 Å². The van der Waals surface area contributed by atoms with Crippen LogP contribution in [0.15, 0.2) is 36.4 Å². The summed E-state index contributed by atoms with van der Waals surface area (Å²) >= 11 is 0. The Morgan fingerprint density at radius 3 is 2.68 bits per heavy atom. The van der Waals surface area contributed by atoms with Crippen molar-refractivity contribution in [1.29, 1.82) is 0 Å². The third-order valence-corrected chi connectivity index (χ3v) is 3.32. The molecule has 0 aliphatic rings. The second-order valence-electron chi connectivity index (χ2n) is 5.26. The van der Waals surface area contributed by atoms with Gasteiger partial charge in [-0.15, -0.1) is 0 Å². The number of nitrogens with zero attached hydrogens (tertiary/aromatic N) is 2. The number of benzene rings is 1. The fraction of sp³-hybridized carbons (Fsp3) is 0.294. The molecule has 0 fully saturated rings. The Kier molecular flexibility index (Phi) is 5.12. The number of hydrogen-bond acceptors (Lipinski definition) is 3. The SMILES string of the molecule is Cc1nn(-c2ccccc2)c(C)c1/C=C/C(=O)NCC(C)O. The van der Waals surface area contributed by atoms with Gasteiger partial charge in [0, 0.05) is 23.9 Å². The maximum atomic E-state index is 11.7. The molecule has 1 aromatic heterocycles. The first-order valence-corrected chi connectivity index (χ1v) is 7.24. The van der Waals surface area contributed by atoms with Crippen molar-refractivity contribution < 1.29 is 9.90 Å². The zero-order valence-electron chi connectivity index (χ0n) is 13.1. The minimum atomic E-state index is -0.554. The van der Waals surface area contributed by atoms with Crippen LogP contribution >= 0.6 is 0 Å². The molecule has 116 valence electrons. The van der Waals surface area contributed by atoms with Gasteiger partial charge in [-0.1, -0.05) is 18.2 Å². The molecule has 1 amide bonds. The van der Waals surface area contributed by atoms with E-state index >= 15 is 0 Å². The van der Waals surface area contributed by atoms with Gasteiger partial charge in [0.2, 0.25) is 5.91 Å². The molecule has 1 unspecified atom stereocenters. The molecule has 2 N–H and O–H groups in total. The molecule has 1 heterocycles. The molecular weight excluding hydrogens is 278 g/mol. The smallest absolute Gasteiger partial charge is 0.244 e. The quantitative estimate of drug-likeness (QED) is 0.830. The lowest BCUT2D eigenvalue weighted by Gasteiger charge is -2.04. The largest absolute Gasteiger partial charge is 0.392 e. The average molecular weight is 299 g/mol. The predicted molar refractivity (Wildman–Crippen MR) is 86.8 cm³/mol. The monoisotopic (exact) mass is 299 g/mol. The normalized spacial score (nSPS) is 12.5. The minimum absolute atomic E-state index is 0.229. The summed E-state index contributed by atoms with van der Waals surface area (Å²) in [6.45, 7) is 5.76. The van der Waals surface area contributed by atoms with Crippen LogP contribution in [0.5, 0.6) is 0 Å². The van der Waals surface area contributed by atoms with Crippen molar-refractivity contribution >= 4 is 12.0 Å². The second kappa shape index (κ2) is 7.04. The van der Waals surface area contributed by atoms with Crippen molar-refractivity contribution in [3.05, 3.63) is 53.4 Å². The Labute approximate surface area is 130 Å². The van der Waals surface area contributed by atoms with Gasteiger partial charge in [-0.3, -0.25) is 4.79 Å². The van der Waals surface area contributed by atoms with Gasteiger partial charge < -0.3 is 10.4 Å². The van der Waals surface area contributed by atoms with Crippen LogP contribution in [0.2, 0.25) is 0 Å². The standard InChI is InChI=1S/C17H21N3O2/c1-12(21)11-18-17(22)10-9-16-13(2)19-20(14(16)3)15-7-5-4-6-8-15/h4-10,12,21H,11H2,1-3H3,(H,18,22)/b10-9+. The highest BCUT2D eigenvalue weighted by Gasteiger charge is 2.10. The lowest BCUT2D eigenvalue weighted by Crippen LogP contribution is -2.28. The summed E-state index contributed by atoms with van der Waals surface area (Å²) in [6.07, 6.45) is 2.67. The van der Waals surface area contributed by atoms with Crippen LogP contribution in [0.25, 0.3) is 11.8 Å². The molecule has 0 saturated heterocycles. The van der Waals surface area contributed by atoms with Gasteiger partial charge in [0.25, 0.3) is 0 Å². The number of aliphatic hydroxyl groups is 1. The summed E-state index contributed by atoms with van der Waals surface area (Å²) in [5.41, 5.74) is 3.75. The molecule has 2 rings (SSSR count). The van der Waals surface area contributed by atoms with Crippen LogP contribution < -0.4 is 5.32 Å². The lowest BCUT2D eigenvalue weighted by molar-refractivity contribution is -0.116. The molecule has 0 radical (unpaired) electrons. The highest BCUT2D eigenvalue weighted by Crippen LogP contribution is 2.18. The number of aromatic nitrogens is 2. The Bertz CT molecular complexity index is 673. The Morgan fingerprint density at radius 2 is 2.05 bits per heavy atom. The van der Waals surface area contributed by atoms with Gasteiger partial charge in [0.1, 0.15) is 0 Å². The number of hydrogen-bond donors (Lipinski definition) is 2. The molecule has 0 spiro atoms. The van der Waals surface area contributed by atoms with E-state index in [1.54, 1.807) is 13.0 Å². The van der Waals surface area contributed by atoms with E-state index in [2.05, 4.69) is 10.4 Å². The van der Waals surface area contributed by atoms with Crippen molar-refractivity contribution in [2.75, 3.05) is 6.54 Å². The van der Waals surface area contributed by atoms with Gasteiger partial charge >= 0.3 is 0 Å². The Morgan fingerprint density at radius 1 is 1.36 bits per heavy atom. The van der Waals surface area contributed by atoms with Gasteiger partial charge in [-0.25, -0.2) is 4.68 Å². The summed E-state index contributed by atoms with van der Waals surface area (Å²) in [5, 5.41) is 16.3. The maximum absolute atomic E-state index is 11.7. The molecule has 1 aromatic carbocycles. The van der Waals surface area contributed by atoms with Crippen LogP contribution in [0.1, 0.15) is 23.9 Å². The summed E-state index contributed by atoms with van der Waals surface area (Å²) in [6, 6.07) is 9.86. The third-order valence-electron chi connectivity index (χ3n) is 3.32. The first-order valence-electron chi connectivity index (χ1n) is 7.24. The van der Waals surface area contributed by atoms with Crippen molar-refractivity contribution in [1.82, 2.24) is 15.1 Å². The van der Waals surface area contributed by atoms with Crippen LogP contribution in [-0.4, -0.2) is 33.4 Å². The molecular formula is C17H21N3O2. The Balaban J connectivity index is 2.19. The molecule has 2 aromatic rings. The molecule has 1 atom stereocenters. The molecule has 5 heteroatoms. The molecule has 0 saturated carbocycles. The van der Waals surface area contributed by atoms with E-state index < -0.39 is 6.10 Å². The van der Waals surface area contributed by atoms with Crippen LogP contribution in [0.4, 0.5) is 0 Å². The molecule has 0 bridgehead atoms. The van der Waals surface area contributed by atoms with E-state index in [0.29, 0.717) is 0 Å². The molecule has 22 heavy (non-hydrogen) atoms. The molecule has 5 nitrogen and oxygen atoms in total. The van der Waals surface area contributed by atoms with Gasteiger partial charge in [-0.05, 0) is 39.0 Å². The summed E-state index contributed by atoms with van der Waals surface area (Å²) in [7, 11) is 0. The number of amides is 1. The highest BCUT2D eigenvalue weighted by molar-refractivity contribution is 5.92. The number of rotatable bonds is 5. The van der Waals surface area contributed by atoms with Gasteiger partial charge in [0.15, 0.2) is 0 Å². The average Bonchev–Trinajstić information content (AvgIpc) is 2.79. The number of carbonyl (C=O) groups is 1. The van der Waals surface area contributed by atoms with E-state index in [0.717, 1.165) is 22.6 Å². The lowest BCUT2D eigenvalue weighted by atomic mass is 10.2. The number of aliphatic hydroxyl groups excluding tert-OH is 1. The van der Waals surface area contributed by atoms with E-state index in [1.807, 2.05) is 48.9 Å². The van der Waals surface area contributed by atoms with Crippen molar-refractivity contribution in [2.45, 2.75) is 26.9 Å². The van der Waals surface area contributed by atoms with Gasteiger partial charge in [-0.2, -0.15) is 5.10 Å². The zero-order valence-corrected chi connectivity index (χ0v) is 13.1. The molecule has 0 aliphatic carbocycles. The molecule has 0 aliphatic heterocycles. The Hall–Kier alpha value is -2.40. The first kappa shape index (κ1) is 16.0. The first-order chi connectivity index (χ1) is 10.5. The summed E-state index contributed by atoms with van der Waals surface area (Å²) in [5.74, 6) is -0.229. The number of para-hydroxylation sites is 1. The van der Waals surface area contributed by atoms with Gasteiger partial charge in [0.05, 0.1) is 17.5 Å². The zero-order chi connectivity index (χ0) is 16.1. The minimum Gasteiger partial charge on any atom is -0.392 e. The summed E-state index contributed by atoms with van der Waals surface area (Å²) < 4.78 is 1.86. The van der Waals surface area contributed by atoms with Crippen LogP contribution in [0, 0.1) is 13.8 Å². The maximum Gasteiger partial charge on any atom is 0.244 e. The number of aryl methyl sites for hydroxylation is 1. The van der Waals surface area contributed by atoms with E-state index in [-0.39, 0.29) is 12.5 Å². The second-order valence-corrected chi connectivity index (χ2v) is 5.26. The van der Waals surface area contributed by atoms with Crippen LogP contribution in [0.3, 0.4) is 0 Å². The number of nitrogens with one attached hydrogen (secondary N) is 1. The van der Waals surface area contributed by atoms with E-state index in [4.69, 9.17) is 5.11 Å².